The Morgan fingerprint density at radius 2 is 1.90 bits per heavy atom. The van der Waals surface area contributed by atoms with Crippen LogP contribution in [0.2, 0.25) is 0 Å². The van der Waals surface area contributed by atoms with Gasteiger partial charge in [0.2, 0.25) is 0 Å². The van der Waals surface area contributed by atoms with E-state index in [2.05, 4.69) is 10.8 Å². The lowest BCUT2D eigenvalue weighted by molar-refractivity contribution is 0.601. The van der Waals surface area contributed by atoms with Gasteiger partial charge >= 0.3 is 0 Å². The molecule has 6 heteroatoms. The van der Waals surface area contributed by atoms with Crippen LogP contribution in [0.25, 0.3) is 0 Å². The first-order valence-corrected chi connectivity index (χ1v) is 8.28. The lowest BCUT2D eigenvalue weighted by atomic mass is 10.1. The summed E-state index contributed by atoms with van der Waals surface area (Å²) in [6.07, 6.45) is 0.315. The quantitative estimate of drug-likeness (QED) is 0.942. The molecule has 0 spiro atoms. The number of thiophene rings is 1. The maximum atomic E-state index is 12.3. The molecule has 0 aliphatic carbocycles. The zero-order valence-corrected chi connectivity index (χ0v) is 12.8. The maximum absolute atomic E-state index is 12.3. The standard InChI is InChI=1S/C14H14N2O2S2/c1-10-9-14(11(2)19-10)20(17,18)16-13-5-3-12(4-6-13)7-8-15/h3-6,9,16H,7H2,1-2H3. The van der Waals surface area contributed by atoms with Crippen molar-refractivity contribution >= 4 is 27.0 Å². The van der Waals surface area contributed by atoms with E-state index in [-0.39, 0.29) is 0 Å². The van der Waals surface area contributed by atoms with Crippen LogP contribution in [0.3, 0.4) is 0 Å². The fraction of sp³-hybridized carbons (Fsp3) is 0.214. The molecule has 4 nitrogen and oxygen atoms in total. The maximum Gasteiger partial charge on any atom is 0.262 e. The minimum atomic E-state index is -3.55. The molecule has 0 saturated carbocycles. The first-order valence-electron chi connectivity index (χ1n) is 5.98. The van der Waals surface area contributed by atoms with Crippen molar-refractivity contribution in [2.45, 2.75) is 25.2 Å². The highest BCUT2D eigenvalue weighted by atomic mass is 32.2. The number of hydrogen-bond acceptors (Lipinski definition) is 4. The first kappa shape index (κ1) is 14.6. The van der Waals surface area contributed by atoms with E-state index in [0.29, 0.717) is 17.0 Å². The summed E-state index contributed by atoms with van der Waals surface area (Å²) in [7, 11) is -3.55. The second-order valence-corrected chi connectivity index (χ2v) is 7.53. The topological polar surface area (TPSA) is 70.0 Å². The average molecular weight is 306 g/mol. The highest BCUT2D eigenvalue weighted by Crippen LogP contribution is 2.26. The van der Waals surface area contributed by atoms with E-state index in [1.807, 2.05) is 6.92 Å². The second kappa shape index (κ2) is 5.65. The van der Waals surface area contributed by atoms with E-state index in [1.165, 1.54) is 11.3 Å². The average Bonchev–Trinajstić information content (AvgIpc) is 2.72. The number of aryl methyl sites for hydroxylation is 2. The van der Waals surface area contributed by atoms with Crippen molar-refractivity contribution in [1.82, 2.24) is 0 Å². The van der Waals surface area contributed by atoms with Gasteiger partial charge in [-0.1, -0.05) is 12.1 Å². The number of sulfonamides is 1. The van der Waals surface area contributed by atoms with Crippen LogP contribution in [-0.4, -0.2) is 8.42 Å². The van der Waals surface area contributed by atoms with Crippen molar-refractivity contribution in [3.63, 3.8) is 0 Å². The molecule has 1 N–H and O–H groups in total. The number of nitriles is 1. The molecule has 1 heterocycles. The predicted molar refractivity (Wildman–Crippen MR) is 80.4 cm³/mol. The molecule has 0 amide bonds. The number of benzene rings is 1. The molecule has 104 valence electrons. The van der Waals surface area contributed by atoms with Gasteiger partial charge in [-0.05, 0) is 37.6 Å². The molecule has 0 bridgehead atoms. The van der Waals surface area contributed by atoms with E-state index >= 15 is 0 Å². The third-order valence-electron chi connectivity index (χ3n) is 2.77. The van der Waals surface area contributed by atoms with Gasteiger partial charge < -0.3 is 0 Å². The summed E-state index contributed by atoms with van der Waals surface area (Å²) < 4.78 is 27.1. The van der Waals surface area contributed by atoms with Gasteiger partial charge in [-0.25, -0.2) is 8.42 Å². The van der Waals surface area contributed by atoms with Gasteiger partial charge in [0.05, 0.1) is 12.5 Å². The van der Waals surface area contributed by atoms with E-state index in [9.17, 15) is 8.42 Å². The van der Waals surface area contributed by atoms with Gasteiger partial charge in [-0.3, -0.25) is 4.72 Å². The van der Waals surface area contributed by atoms with Crippen LogP contribution in [0, 0.1) is 25.2 Å². The van der Waals surface area contributed by atoms with E-state index in [0.717, 1.165) is 15.3 Å². The molecule has 0 radical (unpaired) electrons. The molecule has 0 aliphatic rings. The molecule has 20 heavy (non-hydrogen) atoms. The fourth-order valence-electron chi connectivity index (χ4n) is 1.87. The number of nitrogens with zero attached hydrogens (tertiary/aromatic N) is 1. The summed E-state index contributed by atoms with van der Waals surface area (Å²) in [5.41, 5.74) is 1.35. The van der Waals surface area contributed by atoms with E-state index in [1.54, 1.807) is 37.3 Å². The van der Waals surface area contributed by atoms with Crippen molar-refractivity contribution in [1.29, 1.82) is 5.26 Å². The molecule has 0 fully saturated rings. The molecule has 0 atom stereocenters. The first-order chi connectivity index (χ1) is 9.42. The van der Waals surface area contributed by atoms with Crippen LogP contribution in [0.15, 0.2) is 35.2 Å². The highest BCUT2D eigenvalue weighted by Gasteiger charge is 2.19. The van der Waals surface area contributed by atoms with Gasteiger partial charge in [0.1, 0.15) is 4.90 Å². The summed E-state index contributed by atoms with van der Waals surface area (Å²) >= 11 is 1.46. The van der Waals surface area contributed by atoms with Crippen LogP contribution < -0.4 is 4.72 Å². The Bertz CT molecular complexity index is 753. The Morgan fingerprint density at radius 1 is 1.25 bits per heavy atom. The van der Waals surface area contributed by atoms with Crippen molar-refractivity contribution in [2.24, 2.45) is 0 Å². The molecule has 2 aromatic rings. The lowest BCUT2D eigenvalue weighted by Crippen LogP contribution is -2.13. The summed E-state index contributed by atoms with van der Waals surface area (Å²) in [6.45, 7) is 3.68. The number of rotatable bonds is 4. The van der Waals surface area contributed by atoms with Crippen molar-refractivity contribution in [3.05, 3.63) is 45.6 Å². The predicted octanol–water partition coefficient (Wildman–Crippen LogP) is 3.23. The van der Waals surface area contributed by atoms with Gasteiger partial charge in [-0.15, -0.1) is 11.3 Å². The van der Waals surface area contributed by atoms with Gasteiger partial charge in [0, 0.05) is 15.4 Å². The Balaban J connectivity index is 2.24. The summed E-state index contributed by atoms with van der Waals surface area (Å²) in [4.78, 5) is 2.06. The smallest absolute Gasteiger partial charge is 0.262 e. The normalized spacial score (nSPS) is 11.1. The molecule has 0 aliphatic heterocycles. The zero-order valence-electron chi connectivity index (χ0n) is 11.2. The minimum absolute atomic E-state index is 0.315. The molecule has 0 unspecified atom stereocenters. The van der Waals surface area contributed by atoms with Crippen LogP contribution in [0.4, 0.5) is 5.69 Å². The SMILES string of the molecule is Cc1cc(S(=O)(=O)Nc2ccc(CC#N)cc2)c(C)s1. The highest BCUT2D eigenvalue weighted by molar-refractivity contribution is 7.93. The van der Waals surface area contributed by atoms with E-state index in [4.69, 9.17) is 5.26 Å². The monoisotopic (exact) mass is 306 g/mol. The van der Waals surface area contributed by atoms with Crippen LogP contribution in [0.5, 0.6) is 0 Å². The molecule has 1 aromatic carbocycles. The second-order valence-electron chi connectivity index (χ2n) is 4.41. The van der Waals surface area contributed by atoms with Crippen LogP contribution in [-0.2, 0) is 16.4 Å². The summed E-state index contributed by atoms with van der Waals surface area (Å²) in [6, 6.07) is 10.5. The number of anilines is 1. The van der Waals surface area contributed by atoms with E-state index < -0.39 is 10.0 Å². The van der Waals surface area contributed by atoms with Crippen molar-refractivity contribution < 1.29 is 8.42 Å². The Kier molecular flexibility index (Phi) is 4.12. The Labute approximate surface area is 122 Å². The summed E-state index contributed by atoms with van der Waals surface area (Å²) in [5, 5.41) is 8.60. The minimum Gasteiger partial charge on any atom is -0.280 e. The zero-order chi connectivity index (χ0) is 14.8. The lowest BCUT2D eigenvalue weighted by Gasteiger charge is -2.08. The number of nitrogens with one attached hydrogen (secondary N) is 1. The Hall–Kier alpha value is -1.84. The number of hydrogen-bond donors (Lipinski definition) is 1. The van der Waals surface area contributed by atoms with Gasteiger partial charge in [0.15, 0.2) is 0 Å². The van der Waals surface area contributed by atoms with Crippen LogP contribution in [0.1, 0.15) is 15.3 Å². The third-order valence-corrected chi connectivity index (χ3v) is 5.38. The Morgan fingerprint density at radius 3 is 2.40 bits per heavy atom. The molecular formula is C14H14N2O2S2. The van der Waals surface area contributed by atoms with Crippen molar-refractivity contribution in [3.8, 4) is 6.07 Å². The van der Waals surface area contributed by atoms with Gasteiger partial charge in [0.25, 0.3) is 10.0 Å². The van der Waals surface area contributed by atoms with Gasteiger partial charge in [-0.2, -0.15) is 5.26 Å². The molecule has 1 aromatic heterocycles. The molecule has 2 rings (SSSR count). The third kappa shape index (κ3) is 3.18. The molecular weight excluding hydrogens is 292 g/mol. The molecule has 0 saturated heterocycles. The van der Waals surface area contributed by atoms with Crippen molar-refractivity contribution in [2.75, 3.05) is 4.72 Å². The van der Waals surface area contributed by atoms with Crippen LogP contribution >= 0.6 is 11.3 Å². The summed E-state index contributed by atoms with van der Waals surface area (Å²) in [5.74, 6) is 0. The fourth-order valence-corrected chi connectivity index (χ4v) is 4.48. The largest absolute Gasteiger partial charge is 0.280 e.